The van der Waals surface area contributed by atoms with E-state index in [2.05, 4.69) is 0 Å². The molecule has 1 atom stereocenters. The molecule has 0 aliphatic rings. The minimum absolute atomic E-state index is 0.487. The third-order valence-corrected chi connectivity index (χ3v) is 2.76. The van der Waals surface area contributed by atoms with Crippen LogP contribution in [0.25, 0.3) is 10.9 Å². The van der Waals surface area contributed by atoms with Gasteiger partial charge >= 0.3 is 0 Å². The van der Waals surface area contributed by atoms with E-state index in [4.69, 9.17) is 11.6 Å². The highest BCUT2D eigenvalue weighted by molar-refractivity contribution is 6.35. The second-order valence-corrected chi connectivity index (χ2v) is 3.91. The molecule has 1 N–H and O–H groups in total. The summed E-state index contributed by atoms with van der Waals surface area (Å²) in [5.41, 5.74) is 1.93. The molecule has 74 valence electrons. The Labute approximate surface area is 87.7 Å². The fourth-order valence-corrected chi connectivity index (χ4v) is 2.03. The molecule has 0 radical (unpaired) electrons. The van der Waals surface area contributed by atoms with Crippen molar-refractivity contribution < 1.29 is 5.11 Å². The lowest BCUT2D eigenvalue weighted by atomic mass is 10.1. The Morgan fingerprint density at radius 1 is 1.43 bits per heavy atom. The van der Waals surface area contributed by atoms with Gasteiger partial charge in [0.2, 0.25) is 0 Å². The first-order chi connectivity index (χ1) is 6.61. The van der Waals surface area contributed by atoms with Crippen LogP contribution in [0.2, 0.25) is 5.02 Å². The van der Waals surface area contributed by atoms with Gasteiger partial charge in [0.15, 0.2) is 0 Å². The highest BCUT2D eigenvalue weighted by Crippen LogP contribution is 2.31. The monoisotopic (exact) mass is 209 g/mol. The number of hydrogen-bond acceptors (Lipinski definition) is 1. The second kappa shape index (κ2) is 3.30. The first-order valence-electron chi connectivity index (χ1n) is 4.52. The van der Waals surface area contributed by atoms with Crippen molar-refractivity contribution in [3.05, 3.63) is 35.0 Å². The van der Waals surface area contributed by atoms with Gasteiger partial charge in [-0.1, -0.05) is 17.7 Å². The van der Waals surface area contributed by atoms with Crippen molar-refractivity contribution in [2.24, 2.45) is 7.05 Å². The normalized spacial score (nSPS) is 13.4. The number of aryl methyl sites for hydroxylation is 1. The molecule has 0 saturated carbocycles. The topological polar surface area (TPSA) is 25.2 Å². The summed E-state index contributed by atoms with van der Waals surface area (Å²) in [6.07, 6.45) is 1.43. The van der Waals surface area contributed by atoms with Crippen LogP contribution >= 0.6 is 11.6 Å². The predicted octanol–water partition coefficient (Wildman–Crippen LogP) is 2.89. The van der Waals surface area contributed by atoms with Crippen LogP contribution in [0, 0.1) is 0 Å². The molecule has 1 aromatic carbocycles. The van der Waals surface area contributed by atoms with Gasteiger partial charge < -0.3 is 9.67 Å². The summed E-state index contributed by atoms with van der Waals surface area (Å²) < 4.78 is 1.98. The first kappa shape index (κ1) is 9.56. The number of benzene rings is 1. The van der Waals surface area contributed by atoms with Gasteiger partial charge in [-0.25, -0.2) is 0 Å². The first-order valence-corrected chi connectivity index (χ1v) is 4.90. The number of nitrogens with zero attached hydrogens (tertiary/aromatic N) is 1. The molecule has 2 aromatic rings. The molecule has 1 unspecified atom stereocenters. The fourth-order valence-electron chi connectivity index (χ4n) is 1.75. The summed E-state index contributed by atoms with van der Waals surface area (Å²) in [5.74, 6) is 0. The smallest absolute Gasteiger partial charge is 0.0783 e. The summed E-state index contributed by atoms with van der Waals surface area (Å²) in [6.45, 7) is 1.75. The maximum Gasteiger partial charge on any atom is 0.0783 e. The highest BCUT2D eigenvalue weighted by atomic mass is 35.5. The van der Waals surface area contributed by atoms with E-state index in [1.165, 1.54) is 0 Å². The van der Waals surface area contributed by atoms with E-state index in [0.29, 0.717) is 5.02 Å². The molecule has 0 amide bonds. The number of aliphatic hydroxyl groups excluding tert-OH is 1. The van der Waals surface area contributed by atoms with Crippen LogP contribution in [0.4, 0.5) is 0 Å². The Hall–Kier alpha value is -0.990. The number of aromatic nitrogens is 1. The van der Waals surface area contributed by atoms with Crippen LogP contribution in [0.5, 0.6) is 0 Å². The lowest BCUT2D eigenvalue weighted by Gasteiger charge is -2.02. The molecule has 0 spiro atoms. The Morgan fingerprint density at radius 2 is 2.14 bits per heavy atom. The number of halogens is 1. The van der Waals surface area contributed by atoms with Gasteiger partial charge in [-0.05, 0) is 19.1 Å². The van der Waals surface area contributed by atoms with Crippen molar-refractivity contribution in [2.45, 2.75) is 13.0 Å². The van der Waals surface area contributed by atoms with E-state index in [0.717, 1.165) is 16.5 Å². The van der Waals surface area contributed by atoms with Crippen molar-refractivity contribution in [2.75, 3.05) is 0 Å². The molecule has 3 heteroatoms. The Morgan fingerprint density at radius 3 is 2.79 bits per heavy atom. The van der Waals surface area contributed by atoms with E-state index < -0.39 is 6.10 Å². The van der Waals surface area contributed by atoms with Crippen LogP contribution in [-0.2, 0) is 7.05 Å². The molecule has 2 rings (SSSR count). The molecule has 0 fully saturated rings. The SMILES string of the molecule is CC(O)c1cn(C)c2cccc(Cl)c12. The van der Waals surface area contributed by atoms with Crippen molar-refractivity contribution in [3.63, 3.8) is 0 Å². The lowest BCUT2D eigenvalue weighted by molar-refractivity contribution is 0.200. The number of rotatable bonds is 1. The second-order valence-electron chi connectivity index (χ2n) is 3.51. The summed E-state index contributed by atoms with van der Waals surface area (Å²) in [5, 5.41) is 11.2. The van der Waals surface area contributed by atoms with E-state index in [1.807, 2.05) is 36.0 Å². The van der Waals surface area contributed by atoms with E-state index in [1.54, 1.807) is 6.92 Å². The molecule has 2 nitrogen and oxygen atoms in total. The molecular weight excluding hydrogens is 198 g/mol. The van der Waals surface area contributed by atoms with Crippen LogP contribution < -0.4 is 0 Å². The van der Waals surface area contributed by atoms with Gasteiger partial charge in [0.1, 0.15) is 0 Å². The van der Waals surface area contributed by atoms with Gasteiger partial charge in [-0.2, -0.15) is 0 Å². The quantitative estimate of drug-likeness (QED) is 0.768. The molecule has 0 aliphatic carbocycles. The number of fused-ring (bicyclic) bond motifs is 1. The third kappa shape index (κ3) is 1.31. The lowest BCUT2D eigenvalue weighted by Crippen LogP contribution is -1.88. The minimum Gasteiger partial charge on any atom is -0.389 e. The average molecular weight is 210 g/mol. The van der Waals surface area contributed by atoms with E-state index in [9.17, 15) is 5.11 Å². The summed E-state index contributed by atoms with van der Waals surface area (Å²) in [4.78, 5) is 0. The van der Waals surface area contributed by atoms with Gasteiger partial charge in [0.25, 0.3) is 0 Å². The van der Waals surface area contributed by atoms with Crippen molar-refractivity contribution in [3.8, 4) is 0 Å². The zero-order valence-electron chi connectivity index (χ0n) is 8.16. The fraction of sp³-hybridized carbons (Fsp3) is 0.273. The molecule has 14 heavy (non-hydrogen) atoms. The predicted molar refractivity (Wildman–Crippen MR) is 58.6 cm³/mol. The standard InChI is InChI=1S/C11H12ClNO/c1-7(14)8-6-13(2)10-5-3-4-9(12)11(8)10/h3-7,14H,1-2H3. The Balaban J connectivity index is 2.86. The van der Waals surface area contributed by atoms with Crippen molar-refractivity contribution in [1.82, 2.24) is 4.57 Å². The third-order valence-electron chi connectivity index (χ3n) is 2.44. The minimum atomic E-state index is -0.487. The average Bonchev–Trinajstić information content (AvgIpc) is 2.46. The largest absolute Gasteiger partial charge is 0.389 e. The van der Waals surface area contributed by atoms with E-state index >= 15 is 0 Å². The zero-order chi connectivity index (χ0) is 10.3. The maximum atomic E-state index is 9.59. The van der Waals surface area contributed by atoms with Gasteiger partial charge in [-0.3, -0.25) is 0 Å². The number of aliphatic hydroxyl groups is 1. The van der Waals surface area contributed by atoms with Crippen molar-refractivity contribution in [1.29, 1.82) is 0 Å². The van der Waals surface area contributed by atoms with Crippen LogP contribution in [0.1, 0.15) is 18.6 Å². The molecule has 0 bridgehead atoms. The maximum absolute atomic E-state index is 9.59. The van der Waals surface area contributed by atoms with Gasteiger partial charge in [0, 0.05) is 29.7 Å². The molecule has 1 aromatic heterocycles. The zero-order valence-corrected chi connectivity index (χ0v) is 8.92. The summed E-state index contributed by atoms with van der Waals surface area (Å²) in [6, 6.07) is 5.75. The van der Waals surface area contributed by atoms with Crippen LogP contribution in [-0.4, -0.2) is 9.67 Å². The summed E-state index contributed by atoms with van der Waals surface area (Å²) >= 11 is 6.10. The molecule has 1 heterocycles. The van der Waals surface area contributed by atoms with Gasteiger partial charge in [0.05, 0.1) is 11.1 Å². The van der Waals surface area contributed by atoms with Crippen LogP contribution in [0.3, 0.4) is 0 Å². The Kier molecular flexibility index (Phi) is 2.25. The molecular formula is C11H12ClNO. The molecule has 0 aliphatic heterocycles. The van der Waals surface area contributed by atoms with Crippen LogP contribution in [0.15, 0.2) is 24.4 Å². The van der Waals surface area contributed by atoms with Gasteiger partial charge in [-0.15, -0.1) is 0 Å². The number of hydrogen-bond donors (Lipinski definition) is 1. The highest BCUT2D eigenvalue weighted by Gasteiger charge is 2.12. The van der Waals surface area contributed by atoms with Crippen molar-refractivity contribution >= 4 is 22.5 Å². The Bertz CT molecular complexity index is 473. The summed E-state index contributed by atoms with van der Waals surface area (Å²) in [7, 11) is 1.95. The van der Waals surface area contributed by atoms with E-state index in [-0.39, 0.29) is 0 Å². The molecule has 0 saturated heterocycles.